The van der Waals surface area contributed by atoms with Crippen molar-refractivity contribution in [3.05, 3.63) is 102 Å². The van der Waals surface area contributed by atoms with E-state index in [1.807, 2.05) is 66.7 Å². The van der Waals surface area contributed by atoms with E-state index in [4.69, 9.17) is 9.47 Å². The number of methoxy groups -OCH3 is 1. The summed E-state index contributed by atoms with van der Waals surface area (Å²) in [4.78, 5) is 20.1. The first-order valence-corrected chi connectivity index (χ1v) is 13.2. The van der Waals surface area contributed by atoms with Crippen LogP contribution in [-0.4, -0.2) is 49.0 Å². The van der Waals surface area contributed by atoms with Gasteiger partial charge in [-0.25, -0.2) is 0 Å². The molecule has 1 aromatic heterocycles. The standard InChI is InChI=1S/C33H34N2O3/c1-23-5-4-6-26(19-23)30-21-27(11-14-33(30)37-3)32(36)20-24-7-9-25(10-8-24)31-13-12-29(22-34-31)38-28-15-17-35(2)18-16-28/h4-14,19,21-22,28H,15-18,20H2,1-3H3. The van der Waals surface area contributed by atoms with Gasteiger partial charge in [0.1, 0.15) is 17.6 Å². The molecule has 0 aliphatic carbocycles. The van der Waals surface area contributed by atoms with Crippen molar-refractivity contribution in [1.82, 2.24) is 9.88 Å². The maximum Gasteiger partial charge on any atom is 0.167 e. The summed E-state index contributed by atoms with van der Waals surface area (Å²) < 4.78 is 11.7. The van der Waals surface area contributed by atoms with E-state index < -0.39 is 0 Å². The fourth-order valence-corrected chi connectivity index (χ4v) is 4.92. The molecule has 0 radical (unpaired) electrons. The fourth-order valence-electron chi connectivity index (χ4n) is 4.92. The SMILES string of the molecule is COc1ccc(C(=O)Cc2ccc(-c3ccc(OC4CCN(C)CC4)cn3)cc2)cc1-c1cccc(C)c1. The summed E-state index contributed by atoms with van der Waals surface area (Å²) in [7, 11) is 3.80. The lowest BCUT2D eigenvalue weighted by molar-refractivity contribution is 0.0993. The van der Waals surface area contributed by atoms with E-state index in [9.17, 15) is 4.79 Å². The Kier molecular flexibility index (Phi) is 7.85. The first kappa shape index (κ1) is 25.7. The maximum absolute atomic E-state index is 13.2. The monoisotopic (exact) mass is 506 g/mol. The van der Waals surface area contributed by atoms with Gasteiger partial charge < -0.3 is 14.4 Å². The number of rotatable bonds is 8. The molecule has 5 heteroatoms. The lowest BCUT2D eigenvalue weighted by atomic mass is 9.96. The molecule has 5 rings (SSSR count). The molecular formula is C33H34N2O3. The number of hydrogen-bond donors (Lipinski definition) is 0. The molecule has 1 aliphatic heterocycles. The lowest BCUT2D eigenvalue weighted by Crippen LogP contribution is -2.35. The van der Waals surface area contributed by atoms with Gasteiger partial charge in [-0.2, -0.15) is 0 Å². The van der Waals surface area contributed by atoms with Gasteiger partial charge in [-0.05, 0) is 68.3 Å². The largest absolute Gasteiger partial charge is 0.496 e. The molecule has 0 amide bonds. The summed E-state index contributed by atoms with van der Waals surface area (Å²) in [6, 6.07) is 25.9. The predicted molar refractivity (Wildman–Crippen MR) is 152 cm³/mol. The number of ether oxygens (including phenoxy) is 2. The van der Waals surface area contributed by atoms with Crippen LogP contribution in [0.5, 0.6) is 11.5 Å². The van der Waals surface area contributed by atoms with Crippen molar-refractivity contribution in [3.8, 4) is 33.9 Å². The number of nitrogens with zero attached hydrogens (tertiary/aromatic N) is 2. The zero-order chi connectivity index (χ0) is 26.5. The van der Waals surface area contributed by atoms with Crippen molar-refractivity contribution in [2.75, 3.05) is 27.2 Å². The second-order valence-electron chi connectivity index (χ2n) is 10.1. The van der Waals surface area contributed by atoms with E-state index in [1.165, 1.54) is 0 Å². The normalized spacial score (nSPS) is 14.3. The van der Waals surface area contributed by atoms with Crippen LogP contribution in [0.15, 0.2) is 85.1 Å². The number of carbonyl (C=O) groups is 1. The van der Waals surface area contributed by atoms with Crippen LogP contribution in [0.2, 0.25) is 0 Å². The van der Waals surface area contributed by atoms with E-state index in [0.717, 1.165) is 70.9 Å². The Morgan fingerprint density at radius 3 is 2.42 bits per heavy atom. The highest BCUT2D eigenvalue weighted by atomic mass is 16.5. The van der Waals surface area contributed by atoms with Gasteiger partial charge in [-0.15, -0.1) is 0 Å². The third kappa shape index (κ3) is 6.12. The number of Topliss-reactive ketones (excluding diaryl/α,β-unsaturated/α-hetero) is 1. The maximum atomic E-state index is 13.2. The molecule has 38 heavy (non-hydrogen) atoms. The number of aromatic nitrogens is 1. The molecule has 1 fully saturated rings. The first-order chi connectivity index (χ1) is 18.5. The summed E-state index contributed by atoms with van der Waals surface area (Å²) in [5.74, 6) is 1.64. The van der Waals surface area contributed by atoms with Gasteiger partial charge >= 0.3 is 0 Å². The Labute approximate surface area is 225 Å². The predicted octanol–water partition coefficient (Wildman–Crippen LogP) is 6.63. The Balaban J connectivity index is 1.25. The fraction of sp³-hybridized carbons (Fsp3) is 0.273. The Hall–Kier alpha value is -3.96. The van der Waals surface area contributed by atoms with Crippen LogP contribution in [0, 0.1) is 6.92 Å². The highest BCUT2D eigenvalue weighted by molar-refractivity contribution is 5.99. The van der Waals surface area contributed by atoms with Crippen molar-refractivity contribution < 1.29 is 14.3 Å². The first-order valence-electron chi connectivity index (χ1n) is 13.2. The summed E-state index contributed by atoms with van der Waals surface area (Å²) in [5, 5.41) is 0. The molecule has 1 aliphatic rings. The van der Waals surface area contributed by atoms with Crippen molar-refractivity contribution in [3.63, 3.8) is 0 Å². The third-order valence-corrected chi connectivity index (χ3v) is 7.17. The van der Waals surface area contributed by atoms with E-state index >= 15 is 0 Å². The highest BCUT2D eigenvalue weighted by Crippen LogP contribution is 2.32. The second kappa shape index (κ2) is 11.6. The molecule has 194 valence electrons. The molecule has 2 heterocycles. The second-order valence-corrected chi connectivity index (χ2v) is 10.1. The zero-order valence-electron chi connectivity index (χ0n) is 22.3. The molecule has 5 nitrogen and oxygen atoms in total. The molecule has 0 bridgehead atoms. The number of hydrogen-bond acceptors (Lipinski definition) is 5. The number of carbonyl (C=O) groups excluding carboxylic acids is 1. The molecule has 1 saturated heterocycles. The van der Waals surface area contributed by atoms with Crippen LogP contribution in [0.4, 0.5) is 0 Å². The third-order valence-electron chi connectivity index (χ3n) is 7.17. The minimum absolute atomic E-state index is 0.0721. The molecule has 0 spiro atoms. The van der Waals surface area contributed by atoms with Crippen molar-refractivity contribution >= 4 is 5.78 Å². The van der Waals surface area contributed by atoms with Gasteiger partial charge in [0.15, 0.2) is 5.78 Å². The van der Waals surface area contributed by atoms with Crippen LogP contribution in [-0.2, 0) is 6.42 Å². The quantitative estimate of drug-likeness (QED) is 0.251. The number of pyridine rings is 1. The topological polar surface area (TPSA) is 51.7 Å². The van der Waals surface area contributed by atoms with Crippen molar-refractivity contribution in [1.29, 1.82) is 0 Å². The zero-order valence-corrected chi connectivity index (χ0v) is 22.3. The van der Waals surface area contributed by atoms with Gasteiger partial charge in [0, 0.05) is 36.2 Å². The summed E-state index contributed by atoms with van der Waals surface area (Å²) in [6.07, 6.45) is 4.48. The Morgan fingerprint density at radius 1 is 0.947 bits per heavy atom. The van der Waals surface area contributed by atoms with Crippen LogP contribution >= 0.6 is 0 Å². The molecular weight excluding hydrogens is 472 g/mol. The summed E-state index contributed by atoms with van der Waals surface area (Å²) in [6.45, 7) is 4.19. The Morgan fingerprint density at radius 2 is 1.74 bits per heavy atom. The van der Waals surface area contributed by atoms with Gasteiger partial charge in [0.05, 0.1) is 19.0 Å². The summed E-state index contributed by atoms with van der Waals surface area (Å²) >= 11 is 0. The molecule has 4 aromatic rings. The Bertz CT molecular complexity index is 1390. The van der Waals surface area contributed by atoms with E-state index in [1.54, 1.807) is 13.3 Å². The minimum atomic E-state index is 0.0721. The van der Waals surface area contributed by atoms with Gasteiger partial charge in [0.2, 0.25) is 0 Å². The van der Waals surface area contributed by atoms with Crippen LogP contribution in [0.1, 0.15) is 34.3 Å². The average molecular weight is 507 g/mol. The number of ketones is 1. The van der Waals surface area contributed by atoms with Crippen molar-refractivity contribution in [2.24, 2.45) is 0 Å². The number of piperidine rings is 1. The molecule has 0 N–H and O–H groups in total. The van der Waals surface area contributed by atoms with Gasteiger partial charge in [-0.1, -0.05) is 54.1 Å². The minimum Gasteiger partial charge on any atom is -0.496 e. The average Bonchev–Trinajstić information content (AvgIpc) is 2.95. The highest BCUT2D eigenvalue weighted by Gasteiger charge is 2.18. The molecule has 0 saturated carbocycles. The van der Waals surface area contributed by atoms with Crippen molar-refractivity contribution in [2.45, 2.75) is 32.3 Å². The van der Waals surface area contributed by atoms with E-state index in [0.29, 0.717) is 12.0 Å². The molecule has 3 aromatic carbocycles. The van der Waals surface area contributed by atoms with Crippen LogP contribution < -0.4 is 9.47 Å². The number of benzene rings is 3. The number of likely N-dealkylation sites (tertiary alicyclic amines) is 1. The van der Waals surface area contributed by atoms with E-state index in [2.05, 4.69) is 36.0 Å². The molecule has 0 atom stereocenters. The summed E-state index contributed by atoms with van der Waals surface area (Å²) in [5.41, 5.74) is 6.66. The smallest absolute Gasteiger partial charge is 0.167 e. The van der Waals surface area contributed by atoms with E-state index in [-0.39, 0.29) is 11.9 Å². The lowest BCUT2D eigenvalue weighted by Gasteiger charge is -2.29. The van der Waals surface area contributed by atoms with Gasteiger partial charge in [0.25, 0.3) is 0 Å². The van der Waals surface area contributed by atoms with Gasteiger partial charge in [-0.3, -0.25) is 9.78 Å². The molecule has 0 unspecified atom stereocenters. The number of aryl methyl sites for hydroxylation is 1. The van der Waals surface area contributed by atoms with Crippen LogP contribution in [0.25, 0.3) is 22.4 Å². The van der Waals surface area contributed by atoms with Crippen LogP contribution in [0.3, 0.4) is 0 Å².